The van der Waals surface area contributed by atoms with Crippen molar-refractivity contribution in [3.8, 4) is 11.3 Å². The number of carbonyl (C=O) groups is 1. The molecule has 0 aliphatic carbocycles. The summed E-state index contributed by atoms with van der Waals surface area (Å²) in [6, 6.07) is 5.81. The van der Waals surface area contributed by atoms with E-state index in [9.17, 15) is 4.79 Å². The van der Waals surface area contributed by atoms with Crippen LogP contribution in [-0.2, 0) is 4.74 Å². The zero-order valence-electron chi connectivity index (χ0n) is 10.5. The largest absolute Gasteiger partial charge is 0.463 e. The fraction of sp³-hybridized carbons (Fsp3) is 0.154. The first-order chi connectivity index (χ1) is 9.17. The lowest BCUT2D eigenvalue weighted by Gasteiger charge is -1.97. The number of methoxy groups -OCH3 is 1. The molecule has 96 valence electrons. The van der Waals surface area contributed by atoms with Gasteiger partial charge in [0.25, 0.3) is 0 Å². The number of benzene rings is 1. The van der Waals surface area contributed by atoms with Gasteiger partial charge in [0.15, 0.2) is 0 Å². The molecule has 0 aliphatic heterocycles. The lowest BCUT2D eigenvalue weighted by molar-refractivity contribution is 0.0588. The summed E-state index contributed by atoms with van der Waals surface area (Å²) in [6.45, 7) is 1.91. The Bertz CT molecular complexity index is 757. The van der Waals surface area contributed by atoms with Crippen molar-refractivity contribution in [3.63, 3.8) is 0 Å². The third kappa shape index (κ3) is 1.97. The molecule has 0 spiro atoms. The van der Waals surface area contributed by atoms with Crippen molar-refractivity contribution in [1.82, 2.24) is 19.9 Å². The number of carbonyl (C=O) groups excluding carboxylic acids is 1. The Balaban J connectivity index is 2.03. The molecule has 6 heteroatoms. The van der Waals surface area contributed by atoms with Crippen LogP contribution in [0.3, 0.4) is 0 Å². The molecule has 0 unspecified atom stereocenters. The predicted molar refractivity (Wildman–Crippen MR) is 69.8 cm³/mol. The third-order valence-corrected chi connectivity index (χ3v) is 2.87. The lowest BCUT2D eigenvalue weighted by atomic mass is 10.1. The Morgan fingerprint density at radius 3 is 2.95 bits per heavy atom. The van der Waals surface area contributed by atoms with E-state index in [2.05, 4.69) is 24.7 Å². The minimum Gasteiger partial charge on any atom is -0.463 e. The fourth-order valence-corrected chi connectivity index (χ4v) is 1.97. The molecule has 0 atom stereocenters. The zero-order chi connectivity index (χ0) is 13.4. The second-order valence-corrected chi connectivity index (χ2v) is 4.19. The number of aromatic amines is 2. The van der Waals surface area contributed by atoms with Gasteiger partial charge in [-0.3, -0.25) is 0 Å². The normalized spacial score (nSPS) is 10.8. The first kappa shape index (κ1) is 11.5. The molecular weight excluding hydrogens is 244 g/mol. The highest BCUT2D eigenvalue weighted by Gasteiger charge is 2.11. The van der Waals surface area contributed by atoms with Gasteiger partial charge in [-0.15, -0.1) is 0 Å². The quantitative estimate of drug-likeness (QED) is 0.687. The molecule has 6 nitrogen and oxygen atoms in total. The Hall–Kier alpha value is -2.63. The van der Waals surface area contributed by atoms with Gasteiger partial charge in [-0.25, -0.2) is 14.8 Å². The van der Waals surface area contributed by atoms with Gasteiger partial charge in [-0.05, 0) is 19.1 Å². The molecule has 2 aromatic heterocycles. The number of aromatic nitrogens is 4. The maximum atomic E-state index is 11.3. The molecule has 0 amide bonds. The molecule has 2 heterocycles. The van der Waals surface area contributed by atoms with E-state index in [0.29, 0.717) is 0 Å². The highest BCUT2D eigenvalue weighted by Crippen LogP contribution is 2.22. The number of hydrogen-bond donors (Lipinski definition) is 2. The minimum atomic E-state index is -0.482. The number of fused-ring (bicyclic) bond motifs is 1. The van der Waals surface area contributed by atoms with Crippen LogP contribution in [-0.4, -0.2) is 33.0 Å². The van der Waals surface area contributed by atoms with E-state index in [1.165, 1.54) is 7.11 Å². The van der Waals surface area contributed by atoms with Crippen LogP contribution in [0.1, 0.15) is 16.4 Å². The molecule has 3 rings (SSSR count). The topological polar surface area (TPSA) is 83.7 Å². The zero-order valence-corrected chi connectivity index (χ0v) is 10.5. The summed E-state index contributed by atoms with van der Waals surface area (Å²) in [5.41, 5.74) is 3.55. The Morgan fingerprint density at radius 2 is 2.16 bits per heavy atom. The lowest BCUT2D eigenvalue weighted by Crippen LogP contribution is -2.03. The molecule has 3 aromatic rings. The average molecular weight is 256 g/mol. The fourth-order valence-electron chi connectivity index (χ4n) is 1.97. The molecule has 0 radical (unpaired) electrons. The summed E-state index contributed by atoms with van der Waals surface area (Å²) >= 11 is 0. The van der Waals surface area contributed by atoms with Crippen LogP contribution in [0.5, 0.6) is 0 Å². The number of rotatable bonds is 2. The van der Waals surface area contributed by atoms with Gasteiger partial charge in [0.05, 0.1) is 30.0 Å². The number of aryl methyl sites for hydroxylation is 1. The molecule has 0 saturated heterocycles. The van der Waals surface area contributed by atoms with Crippen LogP contribution in [0, 0.1) is 6.92 Å². The summed E-state index contributed by atoms with van der Waals surface area (Å²) in [6.07, 6.45) is 1.61. The van der Waals surface area contributed by atoms with Crippen molar-refractivity contribution in [2.24, 2.45) is 0 Å². The van der Waals surface area contributed by atoms with Gasteiger partial charge in [-0.1, -0.05) is 6.07 Å². The second-order valence-electron chi connectivity index (χ2n) is 4.19. The van der Waals surface area contributed by atoms with Gasteiger partial charge in [0, 0.05) is 5.56 Å². The molecule has 1 aromatic carbocycles. The average Bonchev–Trinajstić information content (AvgIpc) is 3.01. The van der Waals surface area contributed by atoms with E-state index in [0.717, 1.165) is 28.1 Å². The van der Waals surface area contributed by atoms with E-state index >= 15 is 0 Å². The molecule has 0 saturated carbocycles. The van der Waals surface area contributed by atoms with Gasteiger partial charge in [0.1, 0.15) is 5.82 Å². The summed E-state index contributed by atoms with van der Waals surface area (Å²) in [4.78, 5) is 25.8. The van der Waals surface area contributed by atoms with Gasteiger partial charge in [0.2, 0.25) is 5.82 Å². The number of esters is 1. The number of H-pyrrole nitrogens is 2. The van der Waals surface area contributed by atoms with Crippen LogP contribution in [0.25, 0.3) is 22.3 Å². The second kappa shape index (κ2) is 4.24. The van der Waals surface area contributed by atoms with Crippen LogP contribution in [0.4, 0.5) is 0 Å². The van der Waals surface area contributed by atoms with Crippen molar-refractivity contribution in [2.75, 3.05) is 7.11 Å². The predicted octanol–water partition coefficient (Wildman–Crippen LogP) is 2.05. The highest BCUT2D eigenvalue weighted by atomic mass is 16.5. The van der Waals surface area contributed by atoms with Gasteiger partial charge < -0.3 is 14.7 Å². The summed E-state index contributed by atoms with van der Waals surface area (Å²) < 4.78 is 4.61. The van der Waals surface area contributed by atoms with Crippen LogP contribution >= 0.6 is 0 Å². The van der Waals surface area contributed by atoms with Crippen LogP contribution in [0.15, 0.2) is 24.4 Å². The maximum absolute atomic E-state index is 11.3. The maximum Gasteiger partial charge on any atom is 0.374 e. The first-order valence-corrected chi connectivity index (χ1v) is 5.77. The van der Waals surface area contributed by atoms with Crippen LogP contribution < -0.4 is 0 Å². The monoisotopic (exact) mass is 256 g/mol. The number of nitrogens with one attached hydrogen (secondary N) is 2. The Labute approximate surface area is 108 Å². The number of imidazole rings is 2. The van der Waals surface area contributed by atoms with E-state index < -0.39 is 5.97 Å². The van der Waals surface area contributed by atoms with Crippen LogP contribution in [0.2, 0.25) is 0 Å². The van der Waals surface area contributed by atoms with E-state index in [-0.39, 0.29) is 5.82 Å². The molecule has 2 N–H and O–H groups in total. The van der Waals surface area contributed by atoms with Crippen molar-refractivity contribution in [1.29, 1.82) is 0 Å². The van der Waals surface area contributed by atoms with E-state index in [4.69, 9.17) is 0 Å². The standard InChI is InChI=1S/C13H12N4O2/c1-7-15-9-4-3-8(5-10(9)16-7)11-6-14-12(17-11)13(18)19-2/h3-6H,1-2H3,(H,14,17)(H,15,16). The Kier molecular flexibility index (Phi) is 2.56. The van der Waals surface area contributed by atoms with E-state index in [1.807, 2.05) is 25.1 Å². The smallest absolute Gasteiger partial charge is 0.374 e. The molecule has 0 bridgehead atoms. The van der Waals surface area contributed by atoms with Crippen molar-refractivity contribution in [3.05, 3.63) is 36.0 Å². The SMILES string of the molecule is COC(=O)c1ncc(-c2ccc3nc(C)[nH]c3c2)[nH]1. The minimum absolute atomic E-state index is 0.193. The number of ether oxygens (including phenoxy) is 1. The number of nitrogens with zero attached hydrogens (tertiary/aromatic N) is 2. The third-order valence-electron chi connectivity index (χ3n) is 2.87. The number of hydrogen-bond acceptors (Lipinski definition) is 4. The molecule has 0 aliphatic rings. The summed E-state index contributed by atoms with van der Waals surface area (Å²) in [7, 11) is 1.32. The van der Waals surface area contributed by atoms with Crippen molar-refractivity contribution < 1.29 is 9.53 Å². The van der Waals surface area contributed by atoms with Gasteiger partial charge in [-0.2, -0.15) is 0 Å². The van der Waals surface area contributed by atoms with Gasteiger partial charge >= 0.3 is 5.97 Å². The summed E-state index contributed by atoms with van der Waals surface area (Å²) in [5.74, 6) is 0.579. The summed E-state index contributed by atoms with van der Waals surface area (Å²) in [5, 5.41) is 0. The van der Waals surface area contributed by atoms with Crippen molar-refractivity contribution in [2.45, 2.75) is 6.92 Å². The first-order valence-electron chi connectivity index (χ1n) is 5.77. The molecule has 19 heavy (non-hydrogen) atoms. The molecule has 0 fully saturated rings. The van der Waals surface area contributed by atoms with Crippen molar-refractivity contribution >= 4 is 17.0 Å². The highest BCUT2D eigenvalue weighted by molar-refractivity contribution is 5.87. The Morgan fingerprint density at radius 1 is 1.32 bits per heavy atom. The molecular formula is C13H12N4O2. The van der Waals surface area contributed by atoms with E-state index in [1.54, 1.807) is 6.20 Å².